The van der Waals surface area contributed by atoms with Crippen LogP contribution in [0.2, 0.25) is 0 Å². The summed E-state index contributed by atoms with van der Waals surface area (Å²) in [6.45, 7) is 1.67. The van der Waals surface area contributed by atoms with E-state index in [-0.39, 0.29) is 10.6 Å². The highest BCUT2D eigenvalue weighted by Gasteiger charge is 2.18. The van der Waals surface area contributed by atoms with Crippen molar-refractivity contribution < 1.29 is 13.3 Å². The van der Waals surface area contributed by atoms with Crippen LogP contribution in [0.25, 0.3) is 10.8 Å². The molecule has 2 aromatic carbocycles. The molecule has 3 aromatic rings. The maximum absolute atomic E-state index is 11.5. The zero-order chi connectivity index (χ0) is 18.2. The maximum Gasteiger partial charge on any atom is 0.280 e. The van der Waals surface area contributed by atoms with Gasteiger partial charge in [-0.25, -0.2) is 18.5 Å². The van der Waals surface area contributed by atoms with Crippen molar-refractivity contribution in [3.05, 3.63) is 64.3 Å². The lowest BCUT2D eigenvalue weighted by atomic mass is 10.1. The molecule has 1 aromatic heterocycles. The predicted octanol–water partition coefficient (Wildman–Crippen LogP) is 2.84. The zero-order valence-corrected chi connectivity index (χ0v) is 13.9. The fourth-order valence-corrected chi connectivity index (χ4v) is 3.14. The Kier molecular flexibility index (Phi) is 4.11. The van der Waals surface area contributed by atoms with Gasteiger partial charge in [0.15, 0.2) is 0 Å². The van der Waals surface area contributed by atoms with Crippen molar-refractivity contribution in [1.29, 1.82) is 0 Å². The number of sulfonamides is 1. The Morgan fingerprint density at radius 2 is 1.92 bits per heavy atom. The maximum atomic E-state index is 11.5. The van der Waals surface area contributed by atoms with Crippen LogP contribution in [0.1, 0.15) is 5.56 Å². The highest BCUT2D eigenvalue weighted by molar-refractivity contribution is 7.89. The van der Waals surface area contributed by atoms with Gasteiger partial charge in [0.05, 0.1) is 15.2 Å². The molecule has 0 radical (unpaired) electrons. The number of nitrogens with two attached hydrogens (primary N) is 1. The summed E-state index contributed by atoms with van der Waals surface area (Å²) < 4.78 is 22.9. The largest absolute Gasteiger partial charge is 0.340 e. The summed E-state index contributed by atoms with van der Waals surface area (Å²) in [5.74, 6) is 0.382. The number of benzene rings is 2. The summed E-state index contributed by atoms with van der Waals surface area (Å²) in [5, 5.41) is 20.5. The topological polar surface area (TPSA) is 128 Å². The van der Waals surface area contributed by atoms with E-state index in [0.717, 1.165) is 0 Å². The SMILES string of the molecule is Cc1ccc2c(Nc3cccc(S(N)(=O)=O)c3)nccc2c1[N+](=O)[O-]. The molecule has 9 heteroatoms. The number of nitrogens with one attached hydrogen (secondary N) is 1. The van der Waals surface area contributed by atoms with Gasteiger partial charge in [-0.3, -0.25) is 10.1 Å². The summed E-state index contributed by atoms with van der Waals surface area (Å²) >= 11 is 0. The number of hydrogen-bond acceptors (Lipinski definition) is 6. The molecule has 0 bridgehead atoms. The van der Waals surface area contributed by atoms with Crippen LogP contribution < -0.4 is 10.5 Å². The van der Waals surface area contributed by atoms with E-state index in [0.29, 0.717) is 27.8 Å². The monoisotopic (exact) mass is 358 g/mol. The lowest BCUT2D eigenvalue weighted by Crippen LogP contribution is -2.12. The van der Waals surface area contributed by atoms with Crippen molar-refractivity contribution >= 4 is 38.0 Å². The number of anilines is 2. The molecular weight excluding hydrogens is 344 g/mol. The Morgan fingerprint density at radius 1 is 1.16 bits per heavy atom. The second-order valence-corrected chi connectivity index (χ2v) is 7.00. The van der Waals surface area contributed by atoms with Gasteiger partial charge in [-0.2, -0.15) is 0 Å². The Morgan fingerprint density at radius 3 is 2.60 bits per heavy atom. The first-order chi connectivity index (χ1) is 11.8. The third kappa shape index (κ3) is 3.28. The van der Waals surface area contributed by atoms with E-state index >= 15 is 0 Å². The third-order valence-electron chi connectivity index (χ3n) is 3.73. The molecule has 0 spiro atoms. The van der Waals surface area contributed by atoms with Crippen LogP contribution in [-0.2, 0) is 10.0 Å². The molecule has 0 atom stereocenters. The van der Waals surface area contributed by atoms with Crippen LogP contribution in [0.15, 0.2) is 53.6 Å². The van der Waals surface area contributed by atoms with Gasteiger partial charge < -0.3 is 5.32 Å². The first kappa shape index (κ1) is 16.8. The molecule has 25 heavy (non-hydrogen) atoms. The molecule has 0 aliphatic rings. The van der Waals surface area contributed by atoms with Crippen molar-refractivity contribution in [3.8, 4) is 0 Å². The van der Waals surface area contributed by atoms with E-state index in [2.05, 4.69) is 10.3 Å². The number of nitrogens with zero attached hydrogens (tertiary/aromatic N) is 2. The fourth-order valence-electron chi connectivity index (χ4n) is 2.58. The molecule has 0 aliphatic heterocycles. The van der Waals surface area contributed by atoms with E-state index < -0.39 is 14.9 Å². The van der Waals surface area contributed by atoms with Gasteiger partial charge in [-0.1, -0.05) is 12.1 Å². The average molecular weight is 358 g/mol. The van der Waals surface area contributed by atoms with Gasteiger partial charge in [0.25, 0.3) is 5.69 Å². The fraction of sp³-hybridized carbons (Fsp3) is 0.0625. The summed E-state index contributed by atoms with van der Waals surface area (Å²) in [7, 11) is -3.83. The normalized spacial score (nSPS) is 11.4. The quantitative estimate of drug-likeness (QED) is 0.545. The smallest absolute Gasteiger partial charge is 0.280 e. The Hall–Kier alpha value is -3.04. The minimum Gasteiger partial charge on any atom is -0.340 e. The van der Waals surface area contributed by atoms with Crippen molar-refractivity contribution in [3.63, 3.8) is 0 Å². The first-order valence-corrected chi connectivity index (χ1v) is 8.74. The Labute approximate surface area is 143 Å². The number of rotatable bonds is 4. The number of hydrogen-bond donors (Lipinski definition) is 2. The molecule has 8 nitrogen and oxygen atoms in total. The molecule has 1 heterocycles. The van der Waals surface area contributed by atoms with Crippen LogP contribution >= 0.6 is 0 Å². The lowest BCUT2D eigenvalue weighted by Gasteiger charge is -2.10. The van der Waals surface area contributed by atoms with Crippen LogP contribution in [0.3, 0.4) is 0 Å². The molecule has 0 saturated heterocycles. The van der Waals surface area contributed by atoms with E-state index in [4.69, 9.17) is 5.14 Å². The molecule has 0 aliphatic carbocycles. The number of nitro benzene ring substituents is 1. The summed E-state index contributed by atoms with van der Waals surface area (Å²) in [5.41, 5.74) is 1.02. The predicted molar refractivity (Wildman–Crippen MR) is 94.2 cm³/mol. The van der Waals surface area contributed by atoms with Gasteiger partial charge in [-0.05, 0) is 37.3 Å². The first-order valence-electron chi connectivity index (χ1n) is 7.20. The number of nitro groups is 1. The van der Waals surface area contributed by atoms with Crippen molar-refractivity contribution in [2.24, 2.45) is 5.14 Å². The van der Waals surface area contributed by atoms with Gasteiger partial charge in [0.2, 0.25) is 10.0 Å². The Bertz CT molecular complexity index is 1100. The summed E-state index contributed by atoms with van der Waals surface area (Å²) in [4.78, 5) is 15.1. The summed E-state index contributed by atoms with van der Waals surface area (Å²) in [6, 6.07) is 10.9. The number of aromatic nitrogens is 1. The van der Waals surface area contributed by atoms with Gasteiger partial charge in [-0.15, -0.1) is 0 Å². The number of pyridine rings is 1. The highest BCUT2D eigenvalue weighted by Crippen LogP contribution is 2.33. The van der Waals surface area contributed by atoms with Crippen LogP contribution in [-0.4, -0.2) is 18.3 Å². The molecule has 128 valence electrons. The molecular formula is C16H14N4O4S. The van der Waals surface area contributed by atoms with E-state index in [1.165, 1.54) is 18.3 Å². The highest BCUT2D eigenvalue weighted by atomic mass is 32.2. The molecule has 0 amide bonds. The molecule has 0 fully saturated rings. The van der Waals surface area contributed by atoms with E-state index in [9.17, 15) is 18.5 Å². The van der Waals surface area contributed by atoms with Crippen molar-refractivity contribution in [1.82, 2.24) is 4.98 Å². The number of fused-ring (bicyclic) bond motifs is 1. The third-order valence-corrected chi connectivity index (χ3v) is 4.64. The van der Waals surface area contributed by atoms with Gasteiger partial charge >= 0.3 is 0 Å². The van der Waals surface area contributed by atoms with E-state index in [1.54, 1.807) is 37.3 Å². The van der Waals surface area contributed by atoms with Crippen molar-refractivity contribution in [2.75, 3.05) is 5.32 Å². The molecule has 3 rings (SSSR count). The molecule has 3 N–H and O–H groups in total. The van der Waals surface area contributed by atoms with Crippen molar-refractivity contribution in [2.45, 2.75) is 11.8 Å². The van der Waals surface area contributed by atoms with Gasteiger partial charge in [0.1, 0.15) is 5.82 Å². The number of aryl methyl sites for hydroxylation is 1. The molecule has 0 unspecified atom stereocenters. The standard InChI is InChI=1S/C16H14N4O4S/c1-10-5-6-14-13(15(10)20(21)22)7-8-18-16(14)19-11-3-2-4-12(9-11)25(17,23)24/h2-9H,1H3,(H,18,19)(H2,17,23,24). The van der Waals surface area contributed by atoms with Crippen LogP contribution in [0, 0.1) is 17.0 Å². The summed E-state index contributed by atoms with van der Waals surface area (Å²) in [6.07, 6.45) is 1.46. The van der Waals surface area contributed by atoms with E-state index in [1.807, 2.05) is 0 Å². The minimum atomic E-state index is -3.83. The number of primary sulfonamides is 1. The van der Waals surface area contributed by atoms with Gasteiger partial charge in [0, 0.05) is 22.8 Å². The second-order valence-electron chi connectivity index (χ2n) is 5.44. The zero-order valence-electron chi connectivity index (χ0n) is 13.1. The average Bonchev–Trinajstić information content (AvgIpc) is 2.54. The Balaban J connectivity index is 2.12. The molecule has 0 saturated carbocycles. The minimum absolute atomic E-state index is 0.0150. The lowest BCUT2D eigenvalue weighted by molar-refractivity contribution is -0.383. The van der Waals surface area contributed by atoms with Crippen LogP contribution in [0.4, 0.5) is 17.2 Å². The second kappa shape index (κ2) is 6.11. The van der Waals surface area contributed by atoms with Crippen LogP contribution in [0.5, 0.6) is 0 Å².